The lowest BCUT2D eigenvalue weighted by Gasteiger charge is -2.20. The fraction of sp³-hybridized carbons (Fsp3) is 0.312. The molecule has 0 N–H and O–H groups in total. The highest BCUT2D eigenvalue weighted by molar-refractivity contribution is 6.32. The second-order valence-corrected chi connectivity index (χ2v) is 6.10. The van der Waals surface area contributed by atoms with Gasteiger partial charge in [0.2, 0.25) is 0 Å². The predicted octanol–water partition coefficient (Wildman–Crippen LogP) is 4.75. The number of hydrogen-bond donors (Lipinski definition) is 0. The summed E-state index contributed by atoms with van der Waals surface area (Å²) in [5, 5.41) is 0.557. The third kappa shape index (κ3) is 3.70. The molecule has 0 bridgehead atoms. The van der Waals surface area contributed by atoms with E-state index in [1.54, 1.807) is 6.20 Å². The molecule has 0 saturated heterocycles. The van der Waals surface area contributed by atoms with Crippen molar-refractivity contribution in [1.82, 2.24) is 4.98 Å². The van der Waals surface area contributed by atoms with Gasteiger partial charge in [0, 0.05) is 11.8 Å². The highest BCUT2D eigenvalue weighted by Gasteiger charge is 2.15. The van der Waals surface area contributed by atoms with Crippen LogP contribution in [0, 0.1) is 5.82 Å². The summed E-state index contributed by atoms with van der Waals surface area (Å²) >= 11 is 6.22. The zero-order valence-corrected chi connectivity index (χ0v) is 12.5. The molecule has 0 atom stereocenters. The topological polar surface area (TPSA) is 22.1 Å². The second-order valence-electron chi connectivity index (χ2n) is 5.70. The molecule has 0 amide bonds. The van der Waals surface area contributed by atoms with Gasteiger partial charge in [-0.3, -0.25) is 4.98 Å². The molecule has 1 aromatic heterocycles. The Kier molecular flexibility index (Phi) is 4.29. The molecular formula is C16H17ClFNO. The maximum atomic E-state index is 13.0. The van der Waals surface area contributed by atoms with Crippen LogP contribution in [0.4, 0.5) is 4.39 Å². The standard InChI is InChI=1S/C16H17ClFNO/c1-16(2,3)12-4-5-15(14(17)7-12)20-10-11-6-13(18)9-19-8-11/h4-9H,10H2,1-3H3. The van der Waals surface area contributed by atoms with Crippen LogP contribution in [-0.4, -0.2) is 4.98 Å². The van der Waals surface area contributed by atoms with Crippen LogP contribution in [0.1, 0.15) is 31.9 Å². The first-order chi connectivity index (χ1) is 9.36. The third-order valence-electron chi connectivity index (χ3n) is 2.95. The zero-order chi connectivity index (χ0) is 14.8. The summed E-state index contributed by atoms with van der Waals surface area (Å²) in [6, 6.07) is 7.13. The molecule has 0 aliphatic heterocycles. The van der Waals surface area contributed by atoms with E-state index in [2.05, 4.69) is 25.8 Å². The lowest BCUT2D eigenvalue weighted by atomic mass is 9.87. The van der Waals surface area contributed by atoms with Gasteiger partial charge in [-0.2, -0.15) is 0 Å². The lowest BCUT2D eigenvalue weighted by molar-refractivity contribution is 0.305. The highest BCUT2D eigenvalue weighted by atomic mass is 35.5. The summed E-state index contributed by atoms with van der Waals surface area (Å²) in [7, 11) is 0. The molecule has 0 spiro atoms. The predicted molar refractivity (Wildman–Crippen MR) is 78.7 cm³/mol. The molecule has 0 fully saturated rings. The van der Waals surface area contributed by atoms with E-state index in [1.165, 1.54) is 6.07 Å². The van der Waals surface area contributed by atoms with E-state index in [4.69, 9.17) is 16.3 Å². The molecule has 20 heavy (non-hydrogen) atoms. The summed E-state index contributed by atoms with van der Waals surface area (Å²) in [6.07, 6.45) is 2.73. The summed E-state index contributed by atoms with van der Waals surface area (Å²) < 4.78 is 18.6. The van der Waals surface area contributed by atoms with Crippen molar-refractivity contribution in [2.45, 2.75) is 32.8 Å². The highest BCUT2D eigenvalue weighted by Crippen LogP contribution is 2.31. The van der Waals surface area contributed by atoms with Gasteiger partial charge in [-0.1, -0.05) is 38.4 Å². The molecule has 2 rings (SSSR count). The maximum absolute atomic E-state index is 13.0. The Hall–Kier alpha value is -1.61. The fourth-order valence-corrected chi connectivity index (χ4v) is 2.02. The van der Waals surface area contributed by atoms with Gasteiger partial charge in [0.05, 0.1) is 11.2 Å². The minimum absolute atomic E-state index is 0.0364. The van der Waals surface area contributed by atoms with Gasteiger partial charge < -0.3 is 4.74 Å². The van der Waals surface area contributed by atoms with Crippen LogP contribution in [-0.2, 0) is 12.0 Å². The van der Waals surface area contributed by atoms with E-state index in [9.17, 15) is 4.39 Å². The molecule has 2 nitrogen and oxygen atoms in total. The van der Waals surface area contributed by atoms with Crippen molar-refractivity contribution in [3.05, 3.63) is 58.6 Å². The summed E-state index contributed by atoms with van der Waals surface area (Å²) in [4.78, 5) is 3.78. The Labute approximate surface area is 123 Å². The number of aromatic nitrogens is 1. The Morgan fingerprint density at radius 3 is 2.55 bits per heavy atom. The van der Waals surface area contributed by atoms with Crippen molar-refractivity contribution in [3.63, 3.8) is 0 Å². The van der Waals surface area contributed by atoms with Crippen molar-refractivity contribution >= 4 is 11.6 Å². The molecule has 1 heterocycles. The van der Waals surface area contributed by atoms with Crippen molar-refractivity contribution in [3.8, 4) is 5.75 Å². The minimum Gasteiger partial charge on any atom is -0.487 e. The van der Waals surface area contributed by atoms with Crippen LogP contribution in [0.25, 0.3) is 0 Å². The van der Waals surface area contributed by atoms with Crippen molar-refractivity contribution in [2.75, 3.05) is 0 Å². The minimum atomic E-state index is -0.375. The smallest absolute Gasteiger partial charge is 0.141 e. The van der Waals surface area contributed by atoms with Gasteiger partial charge in [0.25, 0.3) is 0 Å². The Morgan fingerprint density at radius 1 is 1.20 bits per heavy atom. The van der Waals surface area contributed by atoms with Gasteiger partial charge in [-0.25, -0.2) is 4.39 Å². The van der Waals surface area contributed by atoms with Crippen LogP contribution >= 0.6 is 11.6 Å². The number of hydrogen-bond acceptors (Lipinski definition) is 2. The second kappa shape index (κ2) is 5.80. The van der Waals surface area contributed by atoms with Crippen LogP contribution < -0.4 is 4.74 Å². The van der Waals surface area contributed by atoms with Crippen LogP contribution in [0.2, 0.25) is 5.02 Å². The quantitative estimate of drug-likeness (QED) is 0.814. The molecule has 0 aliphatic rings. The number of pyridine rings is 1. The number of ether oxygens (including phenoxy) is 1. The molecule has 0 saturated carbocycles. The van der Waals surface area contributed by atoms with Gasteiger partial charge >= 0.3 is 0 Å². The van der Waals surface area contributed by atoms with Gasteiger partial charge in [0.1, 0.15) is 18.2 Å². The first kappa shape index (κ1) is 14.8. The van der Waals surface area contributed by atoms with Crippen molar-refractivity contribution in [2.24, 2.45) is 0 Å². The maximum Gasteiger partial charge on any atom is 0.141 e. The molecule has 4 heteroatoms. The molecule has 0 radical (unpaired) electrons. The summed E-state index contributed by atoms with van der Waals surface area (Å²) in [5.41, 5.74) is 1.84. The average molecular weight is 294 g/mol. The fourth-order valence-electron chi connectivity index (χ4n) is 1.78. The Morgan fingerprint density at radius 2 is 1.95 bits per heavy atom. The van der Waals surface area contributed by atoms with Crippen LogP contribution in [0.5, 0.6) is 5.75 Å². The van der Waals surface area contributed by atoms with E-state index >= 15 is 0 Å². The Balaban J connectivity index is 2.11. The SMILES string of the molecule is CC(C)(C)c1ccc(OCc2cncc(F)c2)c(Cl)c1. The molecule has 106 valence electrons. The number of halogens is 2. The van der Waals surface area contributed by atoms with E-state index in [-0.39, 0.29) is 17.8 Å². The van der Waals surface area contributed by atoms with E-state index in [0.29, 0.717) is 16.3 Å². The van der Waals surface area contributed by atoms with Gasteiger partial charge in [0.15, 0.2) is 0 Å². The summed E-state index contributed by atoms with van der Waals surface area (Å²) in [6.45, 7) is 6.60. The monoisotopic (exact) mass is 293 g/mol. The first-order valence-electron chi connectivity index (χ1n) is 6.38. The van der Waals surface area contributed by atoms with E-state index in [0.717, 1.165) is 11.8 Å². The molecular weight excluding hydrogens is 277 g/mol. The first-order valence-corrected chi connectivity index (χ1v) is 6.76. The number of nitrogens with zero attached hydrogens (tertiary/aromatic N) is 1. The molecule has 1 aromatic carbocycles. The summed E-state index contributed by atoms with van der Waals surface area (Å²) in [5.74, 6) is 0.212. The third-order valence-corrected chi connectivity index (χ3v) is 3.25. The Bertz CT molecular complexity index is 608. The van der Waals surface area contributed by atoms with Crippen molar-refractivity contribution in [1.29, 1.82) is 0 Å². The van der Waals surface area contributed by atoms with E-state index < -0.39 is 0 Å². The van der Waals surface area contributed by atoms with Crippen LogP contribution in [0.3, 0.4) is 0 Å². The van der Waals surface area contributed by atoms with Gasteiger partial charge in [-0.05, 0) is 29.2 Å². The average Bonchev–Trinajstić information content (AvgIpc) is 2.36. The molecule has 0 unspecified atom stereocenters. The number of benzene rings is 1. The molecule has 2 aromatic rings. The largest absolute Gasteiger partial charge is 0.487 e. The van der Waals surface area contributed by atoms with Gasteiger partial charge in [-0.15, -0.1) is 0 Å². The van der Waals surface area contributed by atoms with E-state index in [1.807, 2.05) is 18.2 Å². The normalized spacial score (nSPS) is 11.4. The number of rotatable bonds is 3. The molecule has 0 aliphatic carbocycles. The van der Waals surface area contributed by atoms with Crippen LogP contribution in [0.15, 0.2) is 36.7 Å². The zero-order valence-electron chi connectivity index (χ0n) is 11.8. The van der Waals surface area contributed by atoms with Crippen molar-refractivity contribution < 1.29 is 9.13 Å². The lowest BCUT2D eigenvalue weighted by Crippen LogP contribution is -2.10.